The molecule has 1 aromatic carbocycles. The van der Waals surface area contributed by atoms with E-state index in [1.165, 1.54) is 58.0 Å². The van der Waals surface area contributed by atoms with Crippen molar-refractivity contribution in [2.24, 2.45) is 0 Å². The zero-order valence-corrected chi connectivity index (χ0v) is 22.8. The van der Waals surface area contributed by atoms with Crippen LogP contribution in [0.2, 0.25) is 10.0 Å². The number of anilines is 1. The van der Waals surface area contributed by atoms with Crippen LogP contribution in [0.15, 0.2) is 49.6 Å². The SMILES string of the molecule is Nc1nc(SCSC2=C(C(=O)O)N3C(=O)[C@@H](NC(=O)CSc4cc(Cl)ccc4Cl)[C@H]3SC2)cc(=O)[nH]1. The highest BCUT2D eigenvalue weighted by atomic mass is 35.5. The zero-order chi connectivity index (χ0) is 26.0. The molecule has 1 saturated heterocycles. The number of carbonyl (C=O) groups is 3. The van der Waals surface area contributed by atoms with Crippen molar-refractivity contribution in [3.63, 3.8) is 0 Å². The first-order chi connectivity index (χ1) is 17.1. The normalized spacial score (nSPS) is 19.1. The van der Waals surface area contributed by atoms with Gasteiger partial charge < -0.3 is 16.2 Å². The lowest BCUT2D eigenvalue weighted by Gasteiger charge is -2.49. The number of amides is 2. The highest BCUT2D eigenvalue weighted by molar-refractivity contribution is 8.18. The second kappa shape index (κ2) is 11.6. The van der Waals surface area contributed by atoms with Gasteiger partial charge in [-0.25, -0.2) is 9.78 Å². The average molecular weight is 607 g/mol. The van der Waals surface area contributed by atoms with E-state index in [1.54, 1.807) is 18.2 Å². The van der Waals surface area contributed by atoms with Crippen LogP contribution in [0.5, 0.6) is 0 Å². The first-order valence-electron chi connectivity index (χ1n) is 10.0. The van der Waals surface area contributed by atoms with Crippen LogP contribution in [-0.4, -0.2) is 65.8 Å². The molecule has 0 spiro atoms. The Morgan fingerprint density at radius 3 is 2.75 bits per heavy atom. The third kappa shape index (κ3) is 6.11. The van der Waals surface area contributed by atoms with Gasteiger partial charge in [0.25, 0.3) is 11.5 Å². The molecule has 3 heterocycles. The van der Waals surface area contributed by atoms with Gasteiger partial charge in [-0.15, -0.1) is 35.3 Å². The van der Waals surface area contributed by atoms with Crippen LogP contribution >= 0.6 is 70.2 Å². The Morgan fingerprint density at radius 1 is 1.25 bits per heavy atom. The van der Waals surface area contributed by atoms with Crippen molar-refractivity contribution >= 4 is 94.0 Å². The molecule has 10 nitrogen and oxygen atoms in total. The van der Waals surface area contributed by atoms with Gasteiger partial charge in [0.15, 0.2) is 0 Å². The largest absolute Gasteiger partial charge is 0.477 e. The lowest BCUT2D eigenvalue weighted by molar-refractivity contribution is -0.150. The summed E-state index contributed by atoms with van der Waals surface area (Å²) in [4.78, 5) is 57.5. The van der Waals surface area contributed by atoms with Crippen LogP contribution in [0.25, 0.3) is 0 Å². The number of carbonyl (C=O) groups excluding carboxylic acids is 2. The van der Waals surface area contributed by atoms with E-state index in [2.05, 4.69) is 15.3 Å². The Labute approximate surface area is 231 Å². The molecule has 2 aliphatic rings. The Kier molecular flexibility index (Phi) is 8.73. The van der Waals surface area contributed by atoms with Crippen molar-refractivity contribution in [2.75, 3.05) is 22.3 Å². The number of nitrogens with one attached hydrogen (secondary N) is 2. The summed E-state index contributed by atoms with van der Waals surface area (Å²) in [5, 5.41) is 13.7. The van der Waals surface area contributed by atoms with E-state index in [4.69, 9.17) is 28.9 Å². The number of hydrogen-bond acceptors (Lipinski definition) is 10. The number of aliphatic carboxylic acids is 1. The number of halogens is 2. The van der Waals surface area contributed by atoms with E-state index in [1.807, 2.05) is 0 Å². The third-order valence-corrected chi connectivity index (χ3v) is 10.2. The minimum Gasteiger partial charge on any atom is -0.477 e. The molecule has 0 radical (unpaired) electrons. The topological polar surface area (TPSA) is 158 Å². The van der Waals surface area contributed by atoms with Gasteiger partial charge in [-0.2, -0.15) is 0 Å². The quantitative estimate of drug-likeness (QED) is 0.144. The maximum Gasteiger partial charge on any atom is 0.353 e. The molecule has 0 saturated carbocycles. The summed E-state index contributed by atoms with van der Waals surface area (Å²) in [5.41, 5.74) is 5.05. The van der Waals surface area contributed by atoms with Gasteiger partial charge in [0, 0.05) is 31.7 Å². The van der Waals surface area contributed by atoms with Gasteiger partial charge in [0.05, 0.1) is 10.8 Å². The Morgan fingerprint density at radius 2 is 2.03 bits per heavy atom. The molecule has 0 unspecified atom stereocenters. The molecule has 36 heavy (non-hydrogen) atoms. The minimum absolute atomic E-state index is 0.00941. The van der Waals surface area contributed by atoms with Gasteiger partial charge in [0.1, 0.15) is 22.1 Å². The zero-order valence-electron chi connectivity index (χ0n) is 18.0. The second-order valence-corrected chi connectivity index (χ2v) is 12.7. The summed E-state index contributed by atoms with van der Waals surface area (Å²) >= 11 is 17.1. The first kappa shape index (κ1) is 27.1. The highest BCUT2D eigenvalue weighted by Gasteiger charge is 2.54. The molecule has 190 valence electrons. The van der Waals surface area contributed by atoms with Gasteiger partial charge >= 0.3 is 5.97 Å². The van der Waals surface area contributed by atoms with E-state index in [-0.39, 0.29) is 28.9 Å². The fourth-order valence-electron chi connectivity index (χ4n) is 3.34. The van der Waals surface area contributed by atoms with E-state index in [0.717, 1.165) is 0 Å². The van der Waals surface area contributed by atoms with Crippen LogP contribution in [0.3, 0.4) is 0 Å². The molecular weight excluding hydrogens is 589 g/mol. The van der Waals surface area contributed by atoms with Crippen LogP contribution in [0, 0.1) is 0 Å². The van der Waals surface area contributed by atoms with Crippen LogP contribution in [-0.2, 0) is 14.4 Å². The Hall–Kier alpha value is -1.97. The number of carboxylic acid groups (broad SMARTS) is 1. The maximum atomic E-state index is 12.8. The number of β-lactam (4-membered cyclic amide) rings is 1. The summed E-state index contributed by atoms with van der Waals surface area (Å²) < 4.78 is 0. The predicted molar refractivity (Wildman–Crippen MR) is 144 cm³/mol. The highest BCUT2D eigenvalue weighted by Crippen LogP contribution is 2.44. The summed E-state index contributed by atoms with van der Waals surface area (Å²) in [5.74, 6) is -1.73. The molecule has 2 amide bonds. The van der Waals surface area contributed by atoms with Gasteiger partial charge in [-0.3, -0.25) is 24.3 Å². The molecule has 4 rings (SSSR count). The fraction of sp³-hybridized carbons (Fsp3) is 0.250. The predicted octanol–water partition coefficient (Wildman–Crippen LogP) is 2.93. The van der Waals surface area contributed by atoms with E-state index in [9.17, 15) is 24.3 Å². The summed E-state index contributed by atoms with van der Waals surface area (Å²) in [7, 11) is 0. The molecule has 0 bridgehead atoms. The average Bonchev–Trinajstić information content (AvgIpc) is 2.82. The Balaban J connectivity index is 1.36. The van der Waals surface area contributed by atoms with Gasteiger partial charge in [0.2, 0.25) is 11.9 Å². The molecular formula is C20H17Cl2N5O5S4. The van der Waals surface area contributed by atoms with E-state index >= 15 is 0 Å². The number of nitrogens with zero attached hydrogens (tertiary/aromatic N) is 2. The fourth-order valence-corrected chi connectivity index (χ4v) is 8.34. The lowest BCUT2D eigenvalue weighted by Crippen LogP contribution is -2.70. The minimum atomic E-state index is -1.23. The smallest absolute Gasteiger partial charge is 0.353 e. The van der Waals surface area contributed by atoms with Crippen LogP contribution < -0.4 is 16.6 Å². The number of fused-ring (bicyclic) bond motifs is 1. The molecule has 1 fully saturated rings. The number of thioether (sulfide) groups is 4. The Bertz CT molecular complexity index is 1320. The number of hydrogen-bond donors (Lipinski definition) is 4. The molecule has 2 aliphatic heterocycles. The molecule has 1 aromatic heterocycles. The monoisotopic (exact) mass is 605 g/mol. The van der Waals surface area contributed by atoms with Crippen molar-refractivity contribution in [2.45, 2.75) is 21.3 Å². The number of nitrogen functional groups attached to an aromatic ring is 1. The summed E-state index contributed by atoms with van der Waals surface area (Å²) in [6, 6.07) is 5.40. The number of H-pyrrole nitrogens is 1. The van der Waals surface area contributed by atoms with Crippen LogP contribution in [0.4, 0.5) is 5.95 Å². The summed E-state index contributed by atoms with van der Waals surface area (Å²) in [6.45, 7) is 0. The third-order valence-electron chi connectivity index (χ3n) is 4.88. The van der Waals surface area contributed by atoms with E-state index < -0.39 is 23.3 Å². The molecule has 5 N–H and O–H groups in total. The number of benzene rings is 1. The van der Waals surface area contributed by atoms with Crippen LogP contribution in [0.1, 0.15) is 0 Å². The van der Waals surface area contributed by atoms with Crippen molar-refractivity contribution in [3.05, 3.63) is 55.3 Å². The molecule has 2 atom stereocenters. The number of aromatic nitrogens is 2. The standard InChI is InChI=1S/C20H17Cl2N5O5S4/c21-8-1-2-9(22)10(3-8)33-6-13(29)24-15-17(30)27-16(19(31)32)11(5-34-18(15)27)35-7-36-14-4-12(28)25-20(23)26-14/h1-4,15,18H,5-7H2,(H,24,29)(H,31,32)(H3,23,25,26,28)/t15-,18-/m1/s1. The molecule has 16 heteroatoms. The second-order valence-electron chi connectivity index (χ2n) is 7.27. The maximum absolute atomic E-state index is 12.8. The van der Waals surface area contributed by atoms with Gasteiger partial charge in [-0.1, -0.05) is 35.0 Å². The van der Waals surface area contributed by atoms with E-state index in [0.29, 0.717) is 35.7 Å². The van der Waals surface area contributed by atoms with Crippen molar-refractivity contribution in [1.82, 2.24) is 20.2 Å². The number of rotatable bonds is 9. The van der Waals surface area contributed by atoms with Crippen molar-refractivity contribution < 1.29 is 19.5 Å². The molecule has 2 aromatic rings. The lowest BCUT2D eigenvalue weighted by atomic mass is 10.1. The van der Waals surface area contributed by atoms with Gasteiger partial charge in [-0.05, 0) is 18.2 Å². The number of carboxylic acids is 1. The number of nitrogens with two attached hydrogens (primary N) is 1. The molecule has 0 aliphatic carbocycles. The number of aromatic amines is 1. The summed E-state index contributed by atoms with van der Waals surface area (Å²) in [6.07, 6.45) is 0. The van der Waals surface area contributed by atoms with Crippen molar-refractivity contribution in [3.8, 4) is 0 Å². The van der Waals surface area contributed by atoms with Crippen molar-refractivity contribution in [1.29, 1.82) is 0 Å². The first-order valence-corrected chi connectivity index (χ1v) is 14.8.